The number of rotatable bonds is 0. The zero-order valence-corrected chi connectivity index (χ0v) is 11.7. The van der Waals surface area contributed by atoms with E-state index in [0.717, 1.165) is 11.0 Å². The first-order valence-electron chi connectivity index (χ1n) is 5.77. The van der Waals surface area contributed by atoms with E-state index in [2.05, 4.69) is 45.5 Å². The fourth-order valence-electron chi connectivity index (χ4n) is 2.59. The summed E-state index contributed by atoms with van der Waals surface area (Å²) in [7, 11) is 0. The van der Waals surface area contributed by atoms with Crippen LogP contribution in [0.4, 0.5) is 0 Å². The standard InChI is InChI=1S/C14H10N2S2/c1-7-3-10-9(12-6-17-5-11(7)12)4-8(2)13-14(10)16-18-15-13/h3-6H,1-2H3. The molecule has 0 amide bonds. The van der Waals surface area contributed by atoms with Crippen molar-refractivity contribution in [2.75, 3.05) is 0 Å². The van der Waals surface area contributed by atoms with Crippen LogP contribution in [-0.2, 0) is 0 Å². The second-order valence-electron chi connectivity index (χ2n) is 4.64. The average molecular weight is 270 g/mol. The summed E-state index contributed by atoms with van der Waals surface area (Å²) in [5, 5.41) is 9.68. The Morgan fingerprint density at radius 1 is 0.778 bits per heavy atom. The van der Waals surface area contributed by atoms with Gasteiger partial charge in [0.2, 0.25) is 0 Å². The van der Waals surface area contributed by atoms with Gasteiger partial charge in [0.15, 0.2) is 0 Å². The van der Waals surface area contributed by atoms with E-state index < -0.39 is 0 Å². The van der Waals surface area contributed by atoms with Crippen molar-refractivity contribution in [1.29, 1.82) is 0 Å². The molecule has 0 bridgehead atoms. The SMILES string of the molecule is Cc1cc2c(cc(C)c3nsnc32)c2cscc12. The molecule has 18 heavy (non-hydrogen) atoms. The molecule has 0 radical (unpaired) electrons. The molecule has 0 aliphatic rings. The number of aryl methyl sites for hydroxylation is 2. The van der Waals surface area contributed by atoms with Crippen molar-refractivity contribution < 1.29 is 0 Å². The number of fused-ring (bicyclic) bond motifs is 5. The third-order valence-electron chi connectivity index (χ3n) is 3.51. The molecule has 0 saturated carbocycles. The smallest absolute Gasteiger partial charge is 0.112 e. The molecule has 4 aromatic rings. The quantitative estimate of drug-likeness (QED) is 0.464. The van der Waals surface area contributed by atoms with Crippen LogP contribution in [0.25, 0.3) is 32.6 Å². The Hall–Kier alpha value is -1.52. The van der Waals surface area contributed by atoms with Gasteiger partial charge in [0, 0.05) is 10.8 Å². The van der Waals surface area contributed by atoms with Gasteiger partial charge in [-0.15, -0.1) is 0 Å². The molecule has 2 aromatic heterocycles. The van der Waals surface area contributed by atoms with E-state index in [1.807, 2.05) is 0 Å². The molecule has 0 spiro atoms. The van der Waals surface area contributed by atoms with Crippen LogP contribution < -0.4 is 0 Å². The molecule has 0 aliphatic heterocycles. The molecule has 2 nitrogen and oxygen atoms in total. The zero-order valence-electron chi connectivity index (χ0n) is 10.0. The highest BCUT2D eigenvalue weighted by Gasteiger charge is 2.12. The van der Waals surface area contributed by atoms with Crippen molar-refractivity contribution in [2.24, 2.45) is 0 Å². The zero-order chi connectivity index (χ0) is 12.3. The summed E-state index contributed by atoms with van der Waals surface area (Å²) in [5.74, 6) is 0. The molecule has 2 heterocycles. The predicted octanol–water partition coefficient (Wildman–Crippen LogP) is 4.68. The van der Waals surface area contributed by atoms with Crippen molar-refractivity contribution >= 4 is 55.6 Å². The maximum atomic E-state index is 4.47. The minimum Gasteiger partial charge on any atom is -0.173 e. The summed E-state index contributed by atoms with van der Waals surface area (Å²) in [6.07, 6.45) is 0. The first-order valence-corrected chi connectivity index (χ1v) is 7.44. The molecule has 4 rings (SSSR count). The topological polar surface area (TPSA) is 25.8 Å². The van der Waals surface area contributed by atoms with Gasteiger partial charge in [-0.3, -0.25) is 0 Å². The first-order chi connectivity index (χ1) is 8.75. The summed E-state index contributed by atoms with van der Waals surface area (Å²) in [5.41, 5.74) is 4.62. The van der Waals surface area contributed by atoms with Gasteiger partial charge < -0.3 is 0 Å². The van der Waals surface area contributed by atoms with Crippen LogP contribution in [0.3, 0.4) is 0 Å². The van der Waals surface area contributed by atoms with Crippen molar-refractivity contribution in [1.82, 2.24) is 8.75 Å². The highest BCUT2D eigenvalue weighted by atomic mass is 32.1. The van der Waals surface area contributed by atoms with E-state index in [9.17, 15) is 0 Å². The lowest BCUT2D eigenvalue weighted by Crippen LogP contribution is -1.84. The van der Waals surface area contributed by atoms with Crippen LogP contribution >= 0.6 is 23.1 Å². The van der Waals surface area contributed by atoms with Gasteiger partial charge in [0.25, 0.3) is 0 Å². The van der Waals surface area contributed by atoms with Gasteiger partial charge in [0.05, 0.1) is 11.7 Å². The third kappa shape index (κ3) is 1.22. The Labute approximate surface area is 112 Å². The van der Waals surface area contributed by atoms with Gasteiger partial charge >= 0.3 is 0 Å². The van der Waals surface area contributed by atoms with Crippen molar-refractivity contribution in [3.05, 3.63) is 34.0 Å². The number of hydrogen-bond donors (Lipinski definition) is 0. The largest absolute Gasteiger partial charge is 0.173 e. The minimum absolute atomic E-state index is 1.04. The Kier molecular flexibility index (Phi) is 2.02. The second-order valence-corrected chi connectivity index (χ2v) is 5.91. The molecular formula is C14H10N2S2. The summed E-state index contributed by atoms with van der Waals surface area (Å²) in [4.78, 5) is 0. The fraction of sp³-hybridized carbons (Fsp3) is 0.143. The average Bonchev–Trinajstić information content (AvgIpc) is 2.98. The van der Waals surface area contributed by atoms with Crippen molar-refractivity contribution in [3.8, 4) is 0 Å². The van der Waals surface area contributed by atoms with E-state index in [4.69, 9.17) is 0 Å². The number of hydrogen-bond acceptors (Lipinski definition) is 4. The van der Waals surface area contributed by atoms with Crippen molar-refractivity contribution in [3.63, 3.8) is 0 Å². The number of aromatic nitrogens is 2. The highest BCUT2D eigenvalue weighted by Crippen LogP contribution is 2.35. The van der Waals surface area contributed by atoms with Gasteiger partial charge in [-0.05, 0) is 58.6 Å². The minimum atomic E-state index is 1.04. The van der Waals surface area contributed by atoms with Crippen LogP contribution in [0, 0.1) is 13.8 Å². The lowest BCUT2D eigenvalue weighted by Gasteiger charge is -2.05. The Bertz CT molecular complexity index is 826. The van der Waals surface area contributed by atoms with Gasteiger partial charge in [0.1, 0.15) is 11.0 Å². The van der Waals surface area contributed by atoms with E-state index in [1.165, 1.54) is 44.4 Å². The highest BCUT2D eigenvalue weighted by molar-refractivity contribution is 7.09. The molecule has 4 heteroatoms. The molecule has 0 N–H and O–H groups in total. The second kappa shape index (κ2) is 3.49. The fourth-order valence-corrected chi connectivity index (χ4v) is 4.11. The van der Waals surface area contributed by atoms with E-state index in [0.29, 0.717) is 0 Å². The van der Waals surface area contributed by atoms with Crippen LogP contribution in [0.5, 0.6) is 0 Å². The molecule has 88 valence electrons. The Morgan fingerprint density at radius 2 is 1.50 bits per heavy atom. The molecule has 2 aromatic carbocycles. The maximum absolute atomic E-state index is 4.47. The van der Waals surface area contributed by atoms with Crippen LogP contribution in [0.2, 0.25) is 0 Å². The first kappa shape index (κ1) is 10.4. The molecule has 0 fully saturated rings. The predicted molar refractivity (Wildman–Crippen MR) is 79.8 cm³/mol. The lowest BCUT2D eigenvalue weighted by molar-refractivity contribution is 1.50. The molecule has 0 atom stereocenters. The van der Waals surface area contributed by atoms with E-state index >= 15 is 0 Å². The summed E-state index contributed by atoms with van der Waals surface area (Å²) in [6.45, 7) is 4.28. The van der Waals surface area contributed by atoms with Gasteiger partial charge in [-0.1, -0.05) is 0 Å². The van der Waals surface area contributed by atoms with Crippen LogP contribution in [0.1, 0.15) is 11.1 Å². The summed E-state index contributed by atoms with van der Waals surface area (Å²) < 4.78 is 8.87. The lowest BCUT2D eigenvalue weighted by atomic mass is 9.98. The molecule has 0 aliphatic carbocycles. The summed E-state index contributed by atoms with van der Waals surface area (Å²) in [6, 6.07) is 4.49. The summed E-state index contributed by atoms with van der Waals surface area (Å²) >= 11 is 3.06. The van der Waals surface area contributed by atoms with Crippen molar-refractivity contribution in [2.45, 2.75) is 13.8 Å². The van der Waals surface area contributed by atoms with Crippen LogP contribution in [-0.4, -0.2) is 8.75 Å². The monoisotopic (exact) mass is 270 g/mol. The Morgan fingerprint density at radius 3 is 2.39 bits per heavy atom. The molecule has 0 saturated heterocycles. The maximum Gasteiger partial charge on any atom is 0.112 e. The number of nitrogens with zero attached hydrogens (tertiary/aromatic N) is 2. The van der Waals surface area contributed by atoms with E-state index in [-0.39, 0.29) is 0 Å². The number of thiophene rings is 1. The van der Waals surface area contributed by atoms with E-state index in [1.54, 1.807) is 11.3 Å². The number of benzene rings is 2. The third-order valence-corrected chi connectivity index (χ3v) is 4.78. The van der Waals surface area contributed by atoms with Crippen LogP contribution in [0.15, 0.2) is 22.9 Å². The molecular weight excluding hydrogens is 260 g/mol. The van der Waals surface area contributed by atoms with Gasteiger partial charge in [-0.2, -0.15) is 20.1 Å². The molecule has 0 unspecified atom stereocenters. The normalized spacial score (nSPS) is 11.9. The van der Waals surface area contributed by atoms with Gasteiger partial charge in [-0.25, -0.2) is 0 Å². The Balaban J connectivity index is 2.40.